The standard InChI is InChI=1S/C5H13O11P3.5Na/c1-5(4-15-17(6,7)8)2-3-14-19(12,13)16-18(9,10)11;;;;;/h2H,3-4H2,1H3,(H,12,13)(H2,6,7,8)(H2,9,10,11);;;;;/q;5*+1/p-5/b5-2+;;;;;. The van der Waals surface area contributed by atoms with Crippen LogP contribution < -0.4 is 172 Å². The molecular formula is C5H8Na5O11P3. The molecule has 0 spiro atoms. The van der Waals surface area contributed by atoms with Crippen LogP contribution >= 0.6 is 23.5 Å². The normalized spacial score (nSPS) is 13.7. The first-order chi connectivity index (χ1) is 8.31. The van der Waals surface area contributed by atoms with E-state index in [1.54, 1.807) is 0 Å². The van der Waals surface area contributed by atoms with E-state index in [1.807, 2.05) is 0 Å². The van der Waals surface area contributed by atoms with Gasteiger partial charge in [-0.05, 0) is 12.5 Å². The quantitative estimate of drug-likeness (QED) is 0.193. The number of hydrogen-bond acceptors (Lipinski definition) is 11. The number of hydrogen-bond donors (Lipinski definition) is 0. The van der Waals surface area contributed by atoms with Gasteiger partial charge in [0.05, 0.1) is 28.9 Å². The van der Waals surface area contributed by atoms with E-state index < -0.39 is 36.7 Å². The Bertz CT molecular complexity index is 475. The topological polar surface area (TPSA) is 194 Å². The minimum atomic E-state index is -5.75. The summed E-state index contributed by atoms with van der Waals surface area (Å²) in [7, 11) is -16.2. The molecule has 0 fully saturated rings. The van der Waals surface area contributed by atoms with E-state index in [2.05, 4.69) is 13.4 Å². The molecule has 1 atom stereocenters. The summed E-state index contributed by atoms with van der Waals surface area (Å²) in [6.45, 7) is -0.0844. The fraction of sp³-hybridized carbons (Fsp3) is 0.600. The van der Waals surface area contributed by atoms with Gasteiger partial charge in [-0.2, -0.15) is 0 Å². The second-order valence-electron chi connectivity index (χ2n) is 3.04. The molecule has 0 aromatic heterocycles. The molecule has 11 nitrogen and oxygen atoms in total. The van der Waals surface area contributed by atoms with Crippen LogP contribution in [0.25, 0.3) is 0 Å². The van der Waals surface area contributed by atoms with Crippen molar-refractivity contribution in [2.45, 2.75) is 6.92 Å². The molecule has 19 heteroatoms. The van der Waals surface area contributed by atoms with Crippen molar-refractivity contribution in [2.24, 2.45) is 0 Å². The molecule has 0 aromatic rings. The zero-order chi connectivity index (χ0) is 15.3. The van der Waals surface area contributed by atoms with Crippen LogP contribution in [0.4, 0.5) is 0 Å². The average Bonchev–Trinajstić information content (AvgIpc) is 2.09. The molecule has 0 aliphatic carbocycles. The van der Waals surface area contributed by atoms with E-state index in [0.29, 0.717) is 0 Å². The predicted octanol–water partition coefficient (Wildman–Crippen LogP) is -17.9. The van der Waals surface area contributed by atoms with Crippen LogP contribution in [0.5, 0.6) is 0 Å². The zero-order valence-electron chi connectivity index (χ0n) is 14.3. The number of phosphoric acid groups is 3. The summed E-state index contributed by atoms with van der Waals surface area (Å²) in [5.41, 5.74) is 0.111. The Balaban J connectivity index is -0.000000162. The second kappa shape index (κ2) is 20.0. The Morgan fingerprint density at radius 1 is 0.833 bits per heavy atom. The molecule has 1 unspecified atom stereocenters. The Morgan fingerprint density at radius 3 is 1.58 bits per heavy atom. The second-order valence-corrected chi connectivity index (χ2v) is 6.90. The van der Waals surface area contributed by atoms with Gasteiger partial charge in [0.1, 0.15) is 0 Å². The van der Waals surface area contributed by atoms with Gasteiger partial charge in [-0.1, -0.05) is 6.08 Å². The minimum Gasteiger partial charge on any atom is -0.790 e. The SMILES string of the molecule is C/C(=C\COP(=O)([O-])OP(=O)([O-])[O-])COP(=O)([O-])[O-].[Na+].[Na+].[Na+].[Na+].[Na+]. The maximum atomic E-state index is 10.8. The van der Waals surface area contributed by atoms with Crippen molar-refractivity contribution in [3.63, 3.8) is 0 Å². The van der Waals surface area contributed by atoms with Crippen LogP contribution in [0.2, 0.25) is 0 Å². The van der Waals surface area contributed by atoms with Crippen molar-refractivity contribution >= 4 is 23.5 Å². The van der Waals surface area contributed by atoms with E-state index in [1.165, 1.54) is 6.92 Å². The van der Waals surface area contributed by atoms with E-state index in [4.69, 9.17) is 0 Å². The average molecular weight is 452 g/mol. The summed E-state index contributed by atoms with van der Waals surface area (Å²) in [5, 5.41) is 0. The molecule has 24 heavy (non-hydrogen) atoms. The molecule has 0 amide bonds. The van der Waals surface area contributed by atoms with E-state index in [0.717, 1.165) is 6.08 Å². The first kappa shape index (κ1) is 43.1. The van der Waals surface area contributed by atoms with Gasteiger partial charge in [0.2, 0.25) is 0 Å². The Labute approximate surface area is 250 Å². The molecule has 0 aliphatic rings. The van der Waals surface area contributed by atoms with Crippen molar-refractivity contribution in [1.82, 2.24) is 0 Å². The van der Waals surface area contributed by atoms with Crippen molar-refractivity contribution < 1.29 is 199 Å². The summed E-state index contributed by atoms with van der Waals surface area (Å²) in [5.74, 6) is 0. The summed E-state index contributed by atoms with van der Waals surface area (Å²) in [6, 6.07) is 0. The van der Waals surface area contributed by atoms with Crippen molar-refractivity contribution in [2.75, 3.05) is 13.2 Å². The largest absolute Gasteiger partial charge is 1.00 e. The van der Waals surface area contributed by atoms with E-state index in [9.17, 15) is 38.2 Å². The predicted molar refractivity (Wildman–Crippen MR) is 49.6 cm³/mol. The van der Waals surface area contributed by atoms with Crippen LogP contribution in [0.1, 0.15) is 6.92 Å². The number of phosphoric ester groups is 2. The summed E-state index contributed by atoms with van der Waals surface area (Å²) >= 11 is 0. The third-order valence-corrected chi connectivity index (χ3v) is 3.83. The van der Waals surface area contributed by atoms with Crippen LogP contribution in [0.15, 0.2) is 11.6 Å². The third kappa shape index (κ3) is 31.8. The Hall–Kier alpha value is 5.11. The molecule has 0 bridgehead atoms. The molecular weight excluding hydrogens is 444 g/mol. The first-order valence-electron chi connectivity index (χ1n) is 4.32. The molecule has 0 heterocycles. The van der Waals surface area contributed by atoms with Crippen LogP contribution in [-0.2, 0) is 27.1 Å². The monoisotopic (exact) mass is 452 g/mol. The third-order valence-electron chi connectivity index (χ3n) is 1.31. The van der Waals surface area contributed by atoms with Gasteiger partial charge >= 0.3 is 148 Å². The van der Waals surface area contributed by atoms with Gasteiger partial charge in [-0.25, -0.2) is 0 Å². The molecule has 114 valence electrons. The molecule has 0 aromatic carbocycles. The summed E-state index contributed by atoms with van der Waals surface area (Å²) in [6.07, 6.45) is 0.976. The summed E-state index contributed by atoms with van der Waals surface area (Å²) in [4.78, 5) is 51.0. The maximum absolute atomic E-state index is 10.8. The van der Waals surface area contributed by atoms with Gasteiger partial charge < -0.3 is 42.6 Å². The van der Waals surface area contributed by atoms with Crippen molar-refractivity contribution in [3.05, 3.63) is 11.6 Å². The van der Waals surface area contributed by atoms with E-state index in [-0.39, 0.29) is 153 Å². The van der Waals surface area contributed by atoms with Crippen LogP contribution in [0, 0.1) is 0 Å². The Morgan fingerprint density at radius 2 is 1.25 bits per heavy atom. The van der Waals surface area contributed by atoms with Gasteiger partial charge in [-0.3, -0.25) is 8.88 Å². The Kier molecular flexibility index (Phi) is 36.0. The first-order valence-corrected chi connectivity index (χ1v) is 8.70. The van der Waals surface area contributed by atoms with Crippen molar-refractivity contribution in [1.29, 1.82) is 0 Å². The van der Waals surface area contributed by atoms with E-state index >= 15 is 0 Å². The van der Waals surface area contributed by atoms with Crippen LogP contribution in [0.3, 0.4) is 0 Å². The van der Waals surface area contributed by atoms with Crippen molar-refractivity contribution in [3.8, 4) is 0 Å². The zero-order valence-corrected chi connectivity index (χ0v) is 27.0. The molecule has 0 N–H and O–H groups in total. The molecule has 0 saturated carbocycles. The van der Waals surface area contributed by atoms with Gasteiger partial charge in [-0.15, -0.1) is 0 Å². The molecule has 0 radical (unpaired) electrons. The molecule has 0 aliphatic heterocycles. The number of rotatable bonds is 8. The van der Waals surface area contributed by atoms with Gasteiger partial charge in [0.25, 0.3) is 7.82 Å². The molecule has 0 saturated heterocycles. The molecule has 0 rings (SSSR count). The fourth-order valence-electron chi connectivity index (χ4n) is 0.657. The summed E-state index contributed by atoms with van der Waals surface area (Å²) < 4.78 is 41.8. The van der Waals surface area contributed by atoms with Crippen LogP contribution in [-0.4, -0.2) is 13.2 Å². The minimum absolute atomic E-state index is 0. The fourth-order valence-corrected chi connectivity index (χ4v) is 2.44. The smallest absolute Gasteiger partial charge is 0.790 e. The van der Waals surface area contributed by atoms with Gasteiger partial charge in [0, 0.05) is 0 Å². The van der Waals surface area contributed by atoms with Gasteiger partial charge in [0.15, 0.2) is 0 Å². The maximum Gasteiger partial charge on any atom is 1.00 e.